The molecule has 1 heterocycles. The molecule has 1 radical (unpaired) electrons. The molecule has 1 aliphatic heterocycles. The average molecular weight is 127 g/mol. The van der Waals surface area contributed by atoms with Gasteiger partial charge in [-0.3, -0.25) is 4.79 Å². The number of amides is 1. The molecule has 0 aromatic heterocycles. The van der Waals surface area contributed by atoms with E-state index < -0.39 is 0 Å². The second-order valence-corrected chi connectivity index (χ2v) is 2.28. The first kappa shape index (κ1) is 6.55. The van der Waals surface area contributed by atoms with Crippen molar-refractivity contribution in [2.24, 2.45) is 0 Å². The minimum atomic E-state index is 0.492. The summed E-state index contributed by atoms with van der Waals surface area (Å²) < 4.78 is 0. The van der Waals surface area contributed by atoms with Gasteiger partial charge in [0.2, 0.25) is 0 Å². The predicted molar refractivity (Wildman–Crippen MR) is 34.7 cm³/mol. The van der Waals surface area contributed by atoms with Gasteiger partial charge < -0.3 is 10.6 Å². The topological polar surface area (TPSA) is 41.1 Å². The van der Waals surface area contributed by atoms with E-state index in [1.807, 2.05) is 0 Å². The minimum Gasteiger partial charge on any atom is -0.346 e. The molecule has 51 valence electrons. The zero-order valence-corrected chi connectivity index (χ0v) is 5.31. The third-order valence-electron chi connectivity index (χ3n) is 1.58. The van der Waals surface area contributed by atoms with Crippen LogP contribution in [0.15, 0.2) is 0 Å². The highest BCUT2D eigenvalue weighted by Crippen LogP contribution is 2.02. The van der Waals surface area contributed by atoms with Crippen LogP contribution in [0.4, 0.5) is 0 Å². The van der Waals surface area contributed by atoms with Crippen molar-refractivity contribution in [1.29, 1.82) is 0 Å². The Balaban J connectivity index is 2.04. The number of nitrogens with one attached hydrogen (secondary N) is 2. The summed E-state index contributed by atoms with van der Waals surface area (Å²) in [6.07, 6.45) is 4.06. The lowest BCUT2D eigenvalue weighted by Gasteiger charge is -2.06. The molecule has 1 amide bonds. The molecule has 3 heteroatoms. The third kappa shape index (κ3) is 2.01. The van der Waals surface area contributed by atoms with Gasteiger partial charge in [0.05, 0.1) is 0 Å². The van der Waals surface area contributed by atoms with Crippen molar-refractivity contribution in [3.05, 3.63) is 0 Å². The SMILES string of the molecule is O=[C]NC[C@H]1CCCN1. The Morgan fingerprint density at radius 2 is 2.67 bits per heavy atom. The van der Waals surface area contributed by atoms with E-state index in [9.17, 15) is 4.79 Å². The quantitative estimate of drug-likeness (QED) is 0.497. The Morgan fingerprint density at radius 1 is 1.78 bits per heavy atom. The highest BCUT2D eigenvalue weighted by molar-refractivity contribution is 5.47. The second kappa shape index (κ2) is 3.45. The zero-order valence-electron chi connectivity index (χ0n) is 5.31. The van der Waals surface area contributed by atoms with Crippen molar-refractivity contribution < 1.29 is 4.79 Å². The molecule has 0 spiro atoms. The van der Waals surface area contributed by atoms with E-state index in [1.54, 1.807) is 6.41 Å². The van der Waals surface area contributed by atoms with E-state index in [0.717, 1.165) is 13.1 Å². The summed E-state index contributed by atoms with van der Waals surface area (Å²) in [7, 11) is 0. The lowest BCUT2D eigenvalue weighted by Crippen LogP contribution is -2.33. The maximum Gasteiger partial charge on any atom is 0.309 e. The Hall–Kier alpha value is -0.570. The molecule has 0 unspecified atom stereocenters. The monoisotopic (exact) mass is 127 g/mol. The van der Waals surface area contributed by atoms with Crippen LogP contribution in [-0.2, 0) is 4.79 Å². The van der Waals surface area contributed by atoms with Crippen LogP contribution in [-0.4, -0.2) is 25.5 Å². The molecule has 3 nitrogen and oxygen atoms in total. The third-order valence-corrected chi connectivity index (χ3v) is 1.58. The molecule has 2 N–H and O–H groups in total. The molecule has 0 saturated carbocycles. The van der Waals surface area contributed by atoms with E-state index in [1.165, 1.54) is 12.8 Å². The summed E-state index contributed by atoms with van der Waals surface area (Å²) >= 11 is 0. The maximum absolute atomic E-state index is 9.70. The van der Waals surface area contributed by atoms with Gasteiger partial charge >= 0.3 is 6.41 Å². The van der Waals surface area contributed by atoms with E-state index in [-0.39, 0.29) is 0 Å². The number of carbonyl (C=O) groups excluding carboxylic acids is 1. The Labute approximate surface area is 54.8 Å². The first-order chi connectivity index (χ1) is 4.43. The van der Waals surface area contributed by atoms with Gasteiger partial charge in [-0.25, -0.2) is 0 Å². The predicted octanol–water partition coefficient (Wildman–Crippen LogP) is -0.605. The summed E-state index contributed by atoms with van der Waals surface area (Å²) in [6.45, 7) is 1.81. The van der Waals surface area contributed by atoms with E-state index in [0.29, 0.717) is 6.04 Å². The standard InChI is InChI=1S/C6H11N2O/c9-5-7-4-6-2-1-3-8-6/h6,8H,1-4H2,(H,7,9)/t6-/m1/s1. The maximum atomic E-state index is 9.70. The lowest BCUT2D eigenvalue weighted by molar-refractivity contribution is 0.523. The molecular weight excluding hydrogens is 116 g/mol. The van der Waals surface area contributed by atoms with Crippen LogP contribution in [0.2, 0.25) is 0 Å². The van der Waals surface area contributed by atoms with Crippen LogP contribution >= 0.6 is 0 Å². The van der Waals surface area contributed by atoms with Crippen molar-refractivity contribution in [3.8, 4) is 0 Å². The van der Waals surface area contributed by atoms with Crippen LogP contribution in [0, 0.1) is 0 Å². The molecule has 1 rings (SSSR count). The fourth-order valence-corrected chi connectivity index (χ4v) is 1.10. The highest BCUT2D eigenvalue weighted by atomic mass is 16.1. The summed E-state index contributed by atoms with van der Waals surface area (Å²) in [5.41, 5.74) is 0. The molecule has 0 bridgehead atoms. The molecule has 1 fully saturated rings. The smallest absolute Gasteiger partial charge is 0.309 e. The summed E-state index contributed by atoms with van der Waals surface area (Å²) in [6, 6.07) is 0.492. The Kier molecular flexibility index (Phi) is 2.51. The van der Waals surface area contributed by atoms with E-state index in [4.69, 9.17) is 0 Å². The van der Waals surface area contributed by atoms with Crippen molar-refractivity contribution in [3.63, 3.8) is 0 Å². The van der Waals surface area contributed by atoms with Gasteiger partial charge in [-0.15, -0.1) is 0 Å². The largest absolute Gasteiger partial charge is 0.346 e. The molecule has 1 atom stereocenters. The van der Waals surface area contributed by atoms with Crippen LogP contribution in [0.3, 0.4) is 0 Å². The van der Waals surface area contributed by atoms with E-state index in [2.05, 4.69) is 10.6 Å². The average Bonchev–Trinajstić information content (AvgIpc) is 2.34. The summed E-state index contributed by atoms with van der Waals surface area (Å²) in [4.78, 5) is 9.70. The van der Waals surface area contributed by atoms with Gasteiger partial charge in [0.1, 0.15) is 0 Å². The summed E-state index contributed by atoms with van der Waals surface area (Å²) in [5, 5.41) is 5.77. The van der Waals surface area contributed by atoms with Gasteiger partial charge in [-0.2, -0.15) is 0 Å². The van der Waals surface area contributed by atoms with Crippen molar-refractivity contribution in [2.45, 2.75) is 18.9 Å². The highest BCUT2D eigenvalue weighted by Gasteiger charge is 2.12. The first-order valence-corrected chi connectivity index (χ1v) is 3.27. The normalized spacial score (nSPS) is 26.0. The minimum absolute atomic E-state index is 0.492. The van der Waals surface area contributed by atoms with Crippen LogP contribution in [0.1, 0.15) is 12.8 Å². The van der Waals surface area contributed by atoms with Gasteiger partial charge in [0, 0.05) is 12.6 Å². The van der Waals surface area contributed by atoms with Crippen molar-refractivity contribution >= 4 is 6.41 Å². The number of hydrogen-bond acceptors (Lipinski definition) is 2. The van der Waals surface area contributed by atoms with Gasteiger partial charge in [0.15, 0.2) is 0 Å². The molecule has 0 aromatic rings. The molecule has 9 heavy (non-hydrogen) atoms. The van der Waals surface area contributed by atoms with E-state index >= 15 is 0 Å². The van der Waals surface area contributed by atoms with Crippen LogP contribution in [0.5, 0.6) is 0 Å². The molecule has 1 saturated heterocycles. The van der Waals surface area contributed by atoms with Crippen molar-refractivity contribution in [1.82, 2.24) is 10.6 Å². The molecule has 1 aliphatic rings. The second-order valence-electron chi connectivity index (χ2n) is 2.28. The Morgan fingerprint density at radius 3 is 3.22 bits per heavy atom. The zero-order chi connectivity index (χ0) is 6.53. The van der Waals surface area contributed by atoms with Crippen LogP contribution < -0.4 is 10.6 Å². The Bertz CT molecular complexity index is 89.1. The molecule has 0 aromatic carbocycles. The first-order valence-electron chi connectivity index (χ1n) is 3.27. The molecule has 0 aliphatic carbocycles. The fourth-order valence-electron chi connectivity index (χ4n) is 1.10. The van der Waals surface area contributed by atoms with Gasteiger partial charge in [-0.05, 0) is 19.4 Å². The molecular formula is C6H11N2O. The van der Waals surface area contributed by atoms with Crippen molar-refractivity contribution in [2.75, 3.05) is 13.1 Å². The van der Waals surface area contributed by atoms with Crippen LogP contribution in [0.25, 0.3) is 0 Å². The number of rotatable bonds is 3. The fraction of sp³-hybridized carbons (Fsp3) is 0.833. The number of hydrogen-bond donors (Lipinski definition) is 2. The van der Waals surface area contributed by atoms with Gasteiger partial charge in [-0.1, -0.05) is 0 Å². The summed E-state index contributed by atoms with van der Waals surface area (Å²) in [5.74, 6) is 0. The van der Waals surface area contributed by atoms with Gasteiger partial charge in [0.25, 0.3) is 0 Å². The lowest BCUT2D eigenvalue weighted by atomic mass is 10.2.